The second-order valence-electron chi connectivity index (χ2n) is 13.6. The molecule has 0 saturated heterocycles. The van der Waals surface area contributed by atoms with Gasteiger partial charge in [-0.05, 0) is 108 Å². The van der Waals surface area contributed by atoms with Crippen LogP contribution >= 0.6 is 0 Å². The van der Waals surface area contributed by atoms with Crippen molar-refractivity contribution in [2.24, 2.45) is 0 Å². The SMILES string of the molecule is c1ccc(-c2nc3ccc4c5cc(-c6ccc(N(c7ccccc7)c7ccccc7)cc6)ccc5n(-c5ccc6oc7ccccc7c6c5)c4c3o2)cc1. The Kier molecular flexibility index (Phi) is 6.79. The van der Waals surface area contributed by atoms with Crippen LogP contribution in [0.1, 0.15) is 0 Å². The Bertz CT molecular complexity index is 3100. The van der Waals surface area contributed by atoms with E-state index in [9.17, 15) is 0 Å². The second-order valence-corrected chi connectivity index (χ2v) is 13.6. The van der Waals surface area contributed by atoms with E-state index in [0.29, 0.717) is 5.89 Å². The fourth-order valence-corrected chi connectivity index (χ4v) is 7.89. The van der Waals surface area contributed by atoms with Gasteiger partial charge in [-0.25, -0.2) is 4.98 Å². The van der Waals surface area contributed by atoms with Crippen LogP contribution in [-0.4, -0.2) is 9.55 Å². The molecular formula is C49H31N3O2. The molecule has 0 fully saturated rings. The number of oxazole rings is 1. The average Bonchev–Trinajstić information content (AvgIpc) is 3.94. The Labute approximate surface area is 310 Å². The maximum atomic E-state index is 6.67. The summed E-state index contributed by atoms with van der Waals surface area (Å²) in [6, 6.07) is 65.6. The number of fused-ring (bicyclic) bond motifs is 8. The fourth-order valence-electron chi connectivity index (χ4n) is 7.89. The van der Waals surface area contributed by atoms with Crippen molar-refractivity contribution >= 4 is 71.9 Å². The highest BCUT2D eigenvalue weighted by molar-refractivity contribution is 6.18. The molecule has 0 radical (unpaired) electrons. The van der Waals surface area contributed by atoms with E-state index in [4.69, 9.17) is 13.8 Å². The van der Waals surface area contributed by atoms with Crippen LogP contribution in [-0.2, 0) is 0 Å². The van der Waals surface area contributed by atoms with Gasteiger partial charge in [0.1, 0.15) is 16.7 Å². The number of aromatic nitrogens is 2. The third-order valence-corrected chi connectivity index (χ3v) is 10.4. The topological polar surface area (TPSA) is 47.3 Å². The van der Waals surface area contributed by atoms with Crippen molar-refractivity contribution in [2.75, 3.05) is 4.90 Å². The number of benzene rings is 8. The summed E-state index contributed by atoms with van der Waals surface area (Å²) in [5.41, 5.74) is 13.0. The molecule has 0 aliphatic heterocycles. The summed E-state index contributed by atoms with van der Waals surface area (Å²) in [6.07, 6.45) is 0. The number of rotatable bonds is 6. The van der Waals surface area contributed by atoms with Crippen LogP contribution < -0.4 is 4.90 Å². The highest BCUT2D eigenvalue weighted by Gasteiger charge is 2.21. The summed E-state index contributed by atoms with van der Waals surface area (Å²) < 4.78 is 15.2. The van der Waals surface area contributed by atoms with Crippen molar-refractivity contribution in [2.45, 2.75) is 0 Å². The van der Waals surface area contributed by atoms with Crippen molar-refractivity contribution in [3.8, 4) is 28.3 Å². The smallest absolute Gasteiger partial charge is 0.227 e. The molecule has 11 aromatic rings. The van der Waals surface area contributed by atoms with Crippen LogP contribution in [0.2, 0.25) is 0 Å². The Balaban J connectivity index is 1.10. The summed E-state index contributed by atoms with van der Waals surface area (Å²) in [7, 11) is 0. The first-order valence-corrected chi connectivity index (χ1v) is 18.1. The van der Waals surface area contributed by atoms with Crippen LogP contribution in [0.4, 0.5) is 17.1 Å². The Morgan fingerprint density at radius 2 is 1.07 bits per heavy atom. The lowest BCUT2D eigenvalue weighted by molar-refractivity contribution is 0.622. The zero-order valence-electron chi connectivity index (χ0n) is 29.1. The Morgan fingerprint density at radius 1 is 0.426 bits per heavy atom. The minimum atomic E-state index is 0.604. The van der Waals surface area contributed by atoms with E-state index in [1.165, 1.54) is 0 Å². The molecule has 5 heteroatoms. The summed E-state index contributed by atoms with van der Waals surface area (Å²) in [5, 5.41) is 4.40. The standard InChI is InChI=1S/C49H31N3O2/c1-4-12-33(13-5-1)49-50-43-27-26-40-41-30-34(32-20-23-37(24-21-32)51(35-14-6-2-7-15-35)36-16-8-3-9-17-36)22-28-44(41)52(47(40)48(43)54-49)38-25-29-46-42(31-38)39-18-10-11-19-45(39)53-46/h1-31H. The molecule has 0 N–H and O–H groups in total. The van der Waals surface area contributed by atoms with E-state index in [1.807, 2.05) is 42.5 Å². The first-order chi connectivity index (χ1) is 26.8. The number of hydrogen-bond donors (Lipinski definition) is 0. The van der Waals surface area contributed by atoms with E-state index in [1.54, 1.807) is 0 Å². The van der Waals surface area contributed by atoms with Gasteiger partial charge in [-0.3, -0.25) is 0 Å². The largest absolute Gasteiger partial charge is 0.456 e. The molecule has 54 heavy (non-hydrogen) atoms. The van der Waals surface area contributed by atoms with Crippen molar-refractivity contribution in [1.82, 2.24) is 9.55 Å². The lowest BCUT2D eigenvalue weighted by Gasteiger charge is -2.25. The van der Waals surface area contributed by atoms with Crippen molar-refractivity contribution in [3.05, 3.63) is 188 Å². The summed E-state index contributed by atoms with van der Waals surface area (Å²) in [6.45, 7) is 0. The number of hydrogen-bond acceptors (Lipinski definition) is 4. The van der Waals surface area contributed by atoms with Gasteiger partial charge in [0.15, 0.2) is 5.58 Å². The fraction of sp³-hybridized carbons (Fsp3) is 0. The Morgan fingerprint density at radius 3 is 1.83 bits per heavy atom. The van der Waals surface area contributed by atoms with E-state index in [-0.39, 0.29) is 0 Å². The summed E-state index contributed by atoms with van der Waals surface area (Å²) in [4.78, 5) is 7.24. The van der Waals surface area contributed by atoms with Crippen molar-refractivity contribution in [3.63, 3.8) is 0 Å². The van der Waals surface area contributed by atoms with Gasteiger partial charge in [-0.2, -0.15) is 0 Å². The zero-order chi connectivity index (χ0) is 35.6. The minimum Gasteiger partial charge on any atom is -0.456 e. The van der Waals surface area contributed by atoms with Crippen LogP contribution in [0, 0.1) is 0 Å². The lowest BCUT2D eigenvalue weighted by atomic mass is 10.0. The molecule has 0 aliphatic rings. The number of furan rings is 1. The van der Waals surface area contributed by atoms with E-state index in [2.05, 4.69) is 155 Å². The van der Waals surface area contributed by atoms with Gasteiger partial charge in [-0.15, -0.1) is 0 Å². The monoisotopic (exact) mass is 693 g/mol. The second kappa shape index (κ2) is 12.1. The molecule has 0 bridgehead atoms. The summed E-state index contributed by atoms with van der Waals surface area (Å²) >= 11 is 0. The highest BCUT2D eigenvalue weighted by Crippen LogP contribution is 2.42. The predicted octanol–water partition coefficient (Wildman–Crippen LogP) is 13.6. The van der Waals surface area contributed by atoms with Gasteiger partial charge in [-0.1, -0.05) is 91.0 Å². The predicted molar refractivity (Wildman–Crippen MR) is 221 cm³/mol. The van der Waals surface area contributed by atoms with Crippen LogP contribution in [0.5, 0.6) is 0 Å². The number of para-hydroxylation sites is 3. The van der Waals surface area contributed by atoms with Gasteiger partial charge < -0.3 is 18.3 Å². The molecule has 3 heterocycles. The normalized spacial score (nSPS) is 11.7. The molecule has 11 rings (SSSR count). The van der Waals surface area contributed by atoms with E-state index in [0.717, 1.165) is 94.3 Å². The summed E-state index contributed by atoms with van der Waals surface area (Å²) in [5.74, 6) is 0.604. The number of anilines is 3. The molecule has 0 saturated carbocycles. The average molecular weight is 694 g/mol. The zero-order valence-corrected chi connectivity index (χ0v) is 29.1. The van der Waals surface area contributed by atoms with Gasteiger partial charge in [0.2, 0.25) is 5.89 Å². The van der Waals surface area contributed by atoms with E-state index >= 15 is 0 Å². The third kappa shape index (κ3) is 4.83. The molecule has 5 nitrogen and oxygen atoms in total. The molecule has 0 amide bonds. The molecule has 0 spiro atoms. The van der Waals surface area contributed by atoms with Crippen molar-refractivity contribution in [1.29, 1.82) is 0 Å². The van der Waals surface area contributed by atoms with Crippen LogP contribution in [0.25, 0.3) is 83.1 Å². The lowest BCUT2D eigenvalue weighted by Crippen LogP contribution is -2.09. The molecular weight excluding hydrogens is 663 g/mol. The third-order valence-electron chi connectivity index (χ3n) is 10.4. The highest BCUT2D eigenvalue weighted by atomic mass is 16.3. The molecule has 254 valence electrons. The minimum absolute atomic E-state index is 0.604. The van der Waals surface area contributed by atoms with Gasteiger partial charge in [0.25, 0.3) is 0 Å². The maximum Gasteiger partial charge on any atom is 0.227 e. The van der Waals surface area contributed by atoms with Gasteiger partial charge >= 0.3 is 0 Å². The first kappa shape index (κ1) is 30.3. The van der Waals surface area contributed by atoms with Gasteiger partial charge in [0.05, 0.1) is 11.0 Å². The first-order valence-electron chi connectivity index (χ1n) is 18.1. The van der Waals surface area contributed by atoms with Crippen LogP contribution in [0.15, 0.2) is 197 Å². The van der Waals surface area contributed by atoms with Crippen LogP contribution in [0.3, 0.4) is 0 Å². The van der Waals surface area contributed by atoms with E-state index < -0.39 is 0 Å². The Hall–Kier alpha value is -7.37. The maximum absolute atomic E-state index is 6.67. The molecule has 0 unspecified atom stereocenters. The van der Waals surface area contributed by atoms with Gasteiger partial charge in [0, 0.05) is 49.9 Å². The molecule has 3 aromatic heterocycles. The molecule has 8 aromatic carbocycles. The molecule has 0 aliphatic carbocycles. The number of nitrogens with zero attached hydrogens (tertiary/aromatic N) is 3. The van der Waals surface area contributed by atoms with Crippen molar-refractivity contribution < 1.29 is 8.83 Å². The molecule has 0 atom stereocenters. The quantitative estimate of drug-likeness (QED) is 0.174.